The Bertz CT molecular complexity index is 1190. The Labute approximate surface area is 185 Å². The number of aliphatic hydroxyl groups excluding tert-OH is 1. The third-order valence-corrected chi connectivity index (χ3v) is 6.21. The molecule has 3 aromatic rings. The fourth-order valence-electron chi connectivity index (χ4n) is 3.09. The molecule has 0 saturated heterocycles. The smallest absolute Gasteiger partial charge is 0.268 e. The van der Waals surface area contributed by atoms with Gasteiger partial charge in [0, 0.05) is 30.9 Å². The number of benzene rings is 2. The molecule has 0 unspecified atom stereocenters. The van der Waals surface area contributed by atoms with E-state index in [4.69, 9.17) is 9.84 Å². The van der Waals surface area contributed by atoms with Crippen molar-refractivity contribution in [1.29, 1.82) is 0 Å². The van der Waals surface area contributed by atoms with Crippen molar-refractivity contribution in [3.05, 3.63) is 72.2 Å². The van der Waals surface area contributed by atoms with Gasteiger partial charge in [0.1, 0.15) is 11.6 Å². The largest absolute Gasteiger partial charge is 0.484 e. The van der Waals surface area contributed by atoms with E-state index < -0.39 is 21.7 Å². The molecule has 0 fully saturated rings. The quantitative estimate of drug-likeness (QED) is 0.424. The zero-order chi connectivity index (χ0) is 23.1. The molecule has 0 saturated carbocycles. The molecule has 3 rings (SSSR count). The first-order valence-corrected chi connectivity index (χ1v) is 11.3. The zero-order valence-electron chi connectivity index (χ0n) is 17.4. The summed E-state index contributed by atoms with van der Waals surface area (Å²) in [6.07, 6.45) is 1.45. The second-order valence-electron chi connectivity index (χ2n) is 6.88. The molecule has 8 nitrogen and oxygen atoms in total. The number of halogens is 1. The van der Waals surface area contributed by atoms with Crippen molar-refractivity contribution in [2.75, 3.05) is 26.8 Å². The molecule has 0 aliphatic carbocycles. The van der Waals surface area contributed by atoms with Crippen LogP contribution in [-0.4, -0.2) is 50.2 Å². The summed E-state index contributed by atoms with van der Waals surface area (Å²) < 4.78 is 47.8. The lowest BCUT2D eigenvalue weighted by Gasteiger charge is -2.13. The number of rotatable bonds is 10. The number of carbonyl (C=O) groups is 1. The first-order valence-electron chi connectivity index (χ1n) is 9.83. The van der Waals surface area contributed by atoms with Crippen LogP contribution in [0.25, 0.3) is 11.3 Å². The van der Waals surface area contributed by atoms with E-state index in [0.717, 1.165) is 3.97 Å². The average Bonchev–Trinajstić information content (AvgIpc) is 3.21. The molecular weight excluding hydrogens is 437 g/mol. The van der Waals surface area contributed by atoms with Crippen LogP contribution in [0.2, 0.25) is 0 Å². The second kappa shape index (κ2) is 10.4. The lowest BCUT2D eigenvalue weighted by molar-refractivity contribution is -0.123. The minimum Gasteiger partial charge on any atom is -0.484 e. The van der Waals surface area contributed by atoms with Gasteiger partial charge in [0.2, 0.25) is 0 Å². The van der Waals surface area contributed by atoms with E-state index in [1.807, 2.05) is 0 Å². The topological polar surface area (TPSA) is 110 Å². The van der Waals surface area contributed by atoms with Crippen LogP contribution >= 0.6 is 0 Å². The van der Waals surface area contributed by atoms with Gasteiger partial charge in [-0.3, -0.25) is 4.79 Å². The van der Waals surface area contributed by atoms with Crippen LogP contribution in [0.4, 0.5) is 4.39 Å². The molecule has 1 aromatic heterocycles. The Morgan fingerprint density at radius 1 is 1.16 bits per heavy atom. The molecule has 3 N–H and O–H groups in total. The summed E-state index contributed by atoms with van der Waals surface area (Å²) in [7, 11) is -2.37. The maximum Gasteiger partial charge on any atom is 0.268 e. The molecule has 170 valence electrons. The first kappa shape index (κ1) is 23.5. The number of hydrogen-bond donors (Lipinski definition) is 3. The molecule has 2 aromatic carbocycles. The summed E-state index contributed by atoms with van der Waals surface area (Å²) in [6, 6.07) is 13.3. The van der Waals surface area contributed by atoms with Crippen molar-refractivity contribution >= 4 is 15.9 Å². The Kier molecular flexibility index (Phi) is 7.62. The zero-order valence-corrected chi connectivity index (χ0v) is 18.2. The van der Waals surface area contributed by atoms with Crippen LogP contribution in [0.15, 0.2) is 65.7 Å². The summed E-state index contributed by atoms with van der Waals surface area (Å²) in [5.74, 6) is -0.805. The van der Waals surface area contributed by atoms with Crippen molar-refractivity contribution < 1.29 is 27.4 Å². The van der Waals surface area contributed by atoms with Crippen molar-refractivity contribution in [2.45, 2.75) is 11.4 Å². The summed E-state index contributed by atoms with van der Waals surface area (Å²) in [4.78, 5) is 11.6. The van der Waals surface area contributed by atoms with Gasteiger partial charge in [-0.15, -0.1) is 0 Å². The molecule has 1 amide bonds. The van der Waals surface area contributed by atoms with Gasteiger partial charge in [-0.2, -0.15) is 0 Å². The second-order valence-corrected chi connectivity index (χ2v) is 8.70. The van der Waals surface area contributed by atoms with Gasteiger partial charge < -0.3 is 20.5 Å². The fourth-order valence-corrected chi connectivity index (χ4v) is 4.52. The van der Waals surface area contributed by atoms with Gasteiger partial charge in [-0.05, 0) is 42.9 Å². The third-order valence-electron chi connectivity index (χ3n) is 4.54. The minimum atomic E-state index is -4.10. The highest BCUT2D eigenvalue weighted by molar-refractivity contribution is 7.90. The number of nitrogens with one attached hydrogen (secondary N) is 2. The SMILES string of the molecule is CNCc1cc(-c2ccccc2F)n(S(=O)(=O)c2cccc(OCC(=O)NCCO)c2)c1. The fraction of sp³-hybridized carbons (Fsp3) is 0.227. The third kappa shape index (κ3) is 5.34. The Morgan fingerprint density at radius 3 is 2.66 bits per heavy atom. The van der Waals surface area contributed by atoms with Gasteiger partial charge in [0.25, 0.3) is 15.9 Å². The number of ether oxygens (including phenoxy) is 1. The highest BCUT2D eigenvalue weighted by Gasteiger charge is 2.23. The minimum absolute atomic E-state index is 0.0741. The number of carbonyl (C=O) groups excluding carboxylic acids is 1. The van der Waals surface area contributed by atoms with Crippen LogP contribution in [0.3, 0.4) is 0 Å². The van der Waals surface area contributed by atoms with Crippen molar-refractivity contribution in [1.82, 2.24) is 14.6 Å². The highest BCUT2D eigenvalue weighted by Crippen LogP contribution is 2.30. The monoisotopic (exact) mass is 461 g/mol. The molecule has 10 heteroatoms. The molecule has 1 heterocycles. The molecule has 0 radical (unpaired) electrons. The Balaban J connectivity index is 1.96. The van der Waals surface area contributed by atoms with Gasteiger partial charge in [-0.25, -0.2) is 16.8 Å². The van der Waals surface area contributed by atoms with Gasteiger partial charge in [-0.1, -0.05) is 18.2 Å². The summed E-state index contributed by atoms with van der Waals surface area (Å²) >= 11 is 0. The maximum atomic E-state index is 14.5. The van der Waals surface area contributed by atoms with Crippen molar-refractivity contribution in [3.63, 3.8) is 0 Å². The van der Waals surface area contributed by atoms with E-state index in [-0.39, 0.29) is 41.7 Å². The molecule has 0 bridgehead atoms. The number of hydrogen-bond acceptors (Lipinski definition) is 6. The van der Waals surface area contributed by atoms with E-state index in [2.05, 4.69) is 10.6 Å². The average molecular weight is 462 g/mol. The number of amides is 1. The molecule has 32 heavy (non-hydrogen) atoms. The number of aliphatic hydroxyl groups is 1. The first-order chi connectivity index (χ1) is 15.4. The number of nitrogens with zero attached hydrogens (tertiary/aromatic N) is 1. The summed E-state index contributed by atoms with van der Waals surface area (Å²) in [5, 5.41) is 14.1. The van der Waals surface area contributed by atoms with Gasteiger partial charge in [0.05, 0.1) is 17.2 Å². The molecule has 0 atom stereocenters. The van der Waals surface area contributed by atoms with Gasteiger partial charge in [0.15, 0.2) is 6.61 Å². The summed E-state index contributed by atoms with van der Waals surface area (Å²) in [5.41, 5.74) is 1.02. The van der Waals surface area contributed by atoms with E-state index in [0.29, 0.717) is 12.1 Å². The molecule has 0 aliphatic rings. The van der Waals surface area contributed by atoms with Crippen LogP contribution in [0, 0.1) is 5.82 Å². The van der Waals surface area contributed by atoms with Crippen LogP contribution in [0.1, 0.15) is 5.56 Å². The highest BCUT2D eigenvalue weighted by atomic mass is 32.2. The van der Waals surface area contributed by atoms with E-state index in [9.17, 15) is 17.6 Å². The maximum absolute atomic E-state index is 14.5. The Hall–Kier alpha value is -3.21. The van der Waals surface area contributed by atoms with Crippen molar-refractivity contribution in [3.8, 4) is 17.0 Å². The normalized spacial score (nSPS) is 11.3. The van der Waals surface area contributed by atoms with Crippen LogP contribution in [-0.2, 0) is 21.4 Å². The molecular formula is C22H24FN3O5S. The van der Waals surface area contributed by atoms with E-state index in [1.165, 1.54) is 48.7 Å². The van der Waals surface area contributed by atoms with Crippen molar-refractivity contribution in [2.24, 2.45) is 0 Å². The lowest BCUT2D eigenvalue weighted by atomic mass is 10.1. The Morgan fingerprint density at radius 2 is 1.94 bits per heavy atom. The van der Waals surface area contributed by atoms with Crippen LogP contribution in [0.5, 0.6) is 5.75 Å². The summed E-state index contributed by atoms with van der Waals surface area (Å²) in [6.45, 7) is -0.0376. The standard InChI is InChI=1S/C22H24FN3O5S/c1-24-13-16-11-21(19-7-2-3-8-20(19)23)26(14-16)32(29,30)18-6-4-5-17(12-18)31-15-22(28)25-9-10-27/h2-8,11-12,14,24,27H,9-10,13,15H2,1H3,(H,25,28). The lowest BCUT2D eigenvalue weighted by Crippen LogP contribution is -2.31. The predicted molar refractivity (Wildman–Crippen MR) is 117 cm³/mol. The number of aromatic nitrogens is 1. The molecule has 0 spiro atoms. The van der Waals surface area contributed by atoms with Crippen LogP contribution < -0.4 is 15.4 Å². The van der Waals surface area contributed by atoms with E-state index >= 15 is 0 Å². The van der Waals surface area contributed by atoms with E-state index in [1.54, 1.807) is 19.2 Å². The predicted octanol–water partition coefficient (Wildman–Crippen LogP) is 1.74. The van der Waals surface area contributed by atoms with Gasteiger partial charge >= 0.3 is 0 Å². The molecule has 0 aliphatic heterocycles.